The summed E-state index contributed by atoms with van der Waals surface area (Å²) in [7, 11) is -3.31. The van der Waals surface area contributed by atoms with E-state index in [4.69, 9.17) is 9.88 Å². The Kier molecular flexibility index (Phi) is 7.19. The van der Waals surface area contributed by atoms with Crippen molar-refractivity contribution in [2.45, 2.75) is 64.4 Å². The van der Waals surface area contributed by atoms with Gasteiger partial charge in [-0.1, -0.05) is 32.6 Å². The van der Waals surface area contributed by atoms with Crippen molar-refractivity contribution in [1.29, 1.82) is 0 Å². The Labute approximate surface area is 111 Å². The minimum absolute atomic E-state index is 0.0809. The molecule has 0 bridgehead atoms. The van der Waals surface area contributed by atoms with Crippen LogP contribution in [-0.4, -0.2) is 26.9 Å². The van der Waals surface area contributed by atoms with Gasteiger partial charge in [0.1, 0.15) is 0 Å². The summed E-state index contributed by atoms with van der Waals surface area (Å²) in [5, 5.41) is 4.99. The first-order valence-electron chi connectivity index (χ1n) is 7.09. The minimum Gasteiger partial charge on any atom is -0.378 e. The normalized spacial score (nSPS) is 20.6. The predicted molar refractivity (Wildman–Crippen MR) is 73.8 cm³/mol. The Bertz CT molecular complexity index is 308. The second kappa shape index (κ2) is 8.12. The summed E-state index contributed by atoms with van der Waals surface area (Å²) in [5.74, 6) is 0.437. The summed E-state index contributed by atoms with van der Waals surface area (Å²) in [4.78, 5) is 0. The zero-order valence-electron chi connectivity index (χ0n) is 11.4. The molecule has 2 N–H and O–H groups in total. The Balaban J connectivity index is 2.08. The molecule has 0 aromatic rings. The zero-order chi connectivity index (χ0) is 13.4. The van der Waals surface area contributed by atoms with E-state index < -0.39 is 10.0 Å². The number of hydrogen-bond donors (Lipinski definition) is 1. The van der Waals surface area contributed by atoms with Gasteiger partial charge in [-0.25, -0.2) is 13.6 Å². The molecule has 1 saturated carbocycles. The van der Waals surface area contributed by atoms with Crippen molar-refractivity contribution in [3.05, 3.63) is 0 Å². The molecular formula is C13H27NO3S. The molecular weight excluding hydrogens is 250 g/mol. The molecule has 1 rings (SSSR count). The highest BCUT2D eigenvalue weighted by Crippen LogP contribution is 2.20. The molecule has 1 aliphatic carbocycles. The van der Waals surface area contributed by atoms with Crippen LogP contribution in [0, 0.1) is 5.92 Å². The lowest BCUT2D eigenvalue weighted by molar-refractivity contribution is 0.0359. The first-order valence-corrected chi connectivity index (χ1v) is 8.81. The fraction of sp³-hybridized carbons (Fsp3) is 1.00. The van der Waals surface area contributed by atoms with Gasteiger partial charge in [-0.2, -0.15) is 0 Å². The van der Waals surface area contributed by atoms with Gasteiger partial charge in [0.05, 0.1) is 11.9 Å². The average molecular weight is 277 g/mol. The monoisotopic (exact) mass is 277 g/mol. The molecule has 1 aliphatic rings. The summed E-state index contributed by atoms with van der Waals surface area (Å²) in [6.07, 6.45) is 9.60. The topological polar surface area (TPSA) is 69.4 Å². The summed E-state index contributed by atoms with van der Waals surface area (Å²) in [6.45, 7) is 2.80. The van der Waals surface area contributed by atoms with Gasteiger partial charge in [0.2, 0.25) is 10.0 Å². The molecule has 0 amide bonds. The van der Waals surface area contributed by atoms with Gasteiger partial charge in [-0.05, 0) is 31.6 Å². The first kappa shape index (κ1) is 15.9. The van der Waals surface area contributed by atoms with Crippen LogP contribution in [0.2, 0.25) is 0 Å². The molecule has 4 nitrogen and oxygen atoms in total. The number of primary sulfonamides is 1. The molecule has 1 fully saturated rings. The highest BCUT2D eigenvalue weighted by molar-refractivity contribution is 7.89. The van der Waals surface area contributed by atoms with Crippen molar-refractivity contribution in [2.75, 3.05) is 12.4 Å². The molecule has 0 radical (unpaired) electrons. The van der Waals surface area contributed by atoms with Crippen LogP contribution in [0.25, 0.3) is 0 Å². The third-order valence-electron chi connectivity index (χ3n) is 3.66. The van der Waals surface area contributed by atoms with E-state index in [9.17, 15) is 8.42 Å². The third kappa shape index (κ3) is 8.06. The quantitative estimate of drug-likeness (QED) is 0.727. The Morgan fingerprint density at radius 3 is 2.33 bits per heavy atom. The van der Waals surface area contributed by atoms with E-state index in [0.29, 0.717) is 18.4 Å². The van der Waals surface area contributed by atoms with Crippen LogP contribution in [0.5, 0.6) is 0 Å². The lowest BCUT2D eigenvalue weighted by atomic mass is 10.1. The highest BCUT2D eigenvalue weighted by Gasteiger charge is 2.13. The molecule has 0 spiro atoms. The van der Waals surface area contributed by atoms with Crippen molar-refractivity contribution in [3.8, 4) is 0 Å². The van der Waals surface area contributed by atoms with Crippen molar-refractivity contribution < 1.29 is 13.2 Å². The number of ether oxygens (including phenoxy) is 1. The largest absolute Gasteiger partial charge is 0.378 e. The van der Waals surface area contributed by atoms with Gasteiger partial charge in [-0.3, -0.25) is 0 Å². The van der Waals surface area contributed by atoms with Crippen LogP contribution < -0.4 is 5.14 Å². The molecule has 0 aliphatic heterocycles. The summed E-state index contributed by atoms with van der Waals surface area (Å²) in [5.41, 5.74) is 0. The van der Waals surface area contributed by atoms with Crippen LogP contribution in [0.4, 0.5) is 0 Å². The lowest BCUT2D eigenvalue weighted by Gasteiger charge is -2.17. The van der Waals surface area contributed by atoms with E-state index in [1.807, 2.05) is 0 Å². The number of hydrogen-bond acceptors (Lipinski definition) is 3. The van der Waals surface area contributed by atoms with E-state index in [2.05, 4.69) is 6.92 Å². The maximum Gasteiger partial charge on any atom is 0.209 e. The van der Waals surface area contributed by atoms with E-state index in [-0.39, 0.29) is 5.75 Å². The number of rotatable bonds is 7. The fourth-order valence-corrected chi connectivity index (χ4v) is 3.09. The fourth-order valence-electron chi connectivity index (χ4n) is 2.35. The molecule has 0 heterocycles. The average Bonchev–Trinajstić information content (AvgIpc) is 2.54. The van der Waals surface area contributed by atoms with Gasteiger partial charge in [0.25, 0.3) is 0 Å². The number of sulfonamides is 1. The van der Waals surface area contributed by atoms with Gasteiger partial charge < -0.3 is 4.74 Å². The van der Waals surface area contributed by atoms with Gasteiger partial charge in [0.15, 0.2) is 0 Å². The molecule has 18 heavy (non-hydrogen) atoms. The Morgan fingerprint density at radius 1 is 1.17 bits per heavy atom. The van der Waals surface area contributed by atoms with Gasteiger partial charge in [-0.15, -0.1) is 0 Å². The van der Waals surface area contributed by atoms with Crippen LogP contribution in [0.1, 0.15) is 58.3 Å². The molecule has 108 valence electrons. The van der Waals surface area contributed by atoms with Gasteiger partial charge >= 0.3 is 0 Å². The van der Waals surface area contributed by atoms with Crippen LogP contribution >= 0.6 is 0 Å². The SMILES string of the molecule is CC(CCOC1CCCCCC1)CCS(N)(=O)=O. The summed E-state index contributed by atoms with van der Waals surface area (Å²) >= 11 is 0. The van der Waals surface area contributed by atoms with Crippen molar-refractivity contribution in [1.82, 2.24) is 0 Å². The van der Waals surface area contributed by atoms with Crippen LogP contribution in [0.3, 0.4) is 0 Å². The van der Waals surface area contributed by atoms with Crippen LogP contribution in [-0.2, 0) is 14.8 Å². The Morgan fingerprint density at radius 2 is 1.78 bits per heavy atom. The second-order valence-electron chi connectivity index (χ2n) is 5.53. The molecule has 1 unspecified atom stereocenters. The van der Waals surface area contributed by atoms with E-state index in [1.165, 1.54) is 38.5 Å². The molecule has 0 aromatic carbocycles. The number of nitrogens with two attached hydrogens (primary N) is 1. The predicted octanol–water partition coefficient (Wildman–Crippen LogP) is 2.43. The van der Waals surface area contributed by atoms with Gasteiger partial charge in [0, 0.05) is 6.61 Å². The van der Waals surface area contributed by atoms with E-state index in [0.717, 1.165) is 13.0 Å². The molecule has 0 saturated heterocycles. The maximum atomic E-state index is 10.8. The highest BCUT2D eigenvalue weighted by atomic mass is 32.2. The first-order chi connectivity index (χ1) is 8.47. The third-order valence-corrected chi connectivity index (χ3v) is 4.47. The van der Waals surface area contributed by atoms with Crippen molar-refractivity contribution >= 4 is 10.0 Å². The van der Waals surface area contributed by atoms with Crippen LogP contribution in [0.15, 0.2) is 0 Å². The molecule has 0 aromatic heterocycles. The molecule has 1 atom stereocenters. The van der Waals surface area contributed by atoms with E-state index >= 15 is 0 Å². The zero-order valence-corrected chi connectivity index (χ0v) is 12.3. The molecule has 5 heteroatoms. The standard InChI is InChI=1S/C13H27NO3S/c1-12(9-11-18(14,15)16)8-10-17-13-6-4-2-3-5-7-13/h12-13H,2-11H2,1H3,(H2,14,15,16). The van der Waals surface area contributed by atoms with Crippen molar-refractivity contribution in [3.63, 3.8) is 0 Å². The lowest BCUT2D eigenvalue weighted by Crippen LogP contribution is -2.19. The van der Waals surface area contributed by atoms with Crippen molar-refractivity contribution in [2.24, 2.45) is 11.1 Å². The summed E-state index contributed by atoms with van der Waals surface area (Å²) in [6, 6.07) is 0. The smallest absolute Gasteiger partial charge is 0.209 e. The Hall–Kier alpha value is -0.130. The van der Waals surface area contributed by atoms with E-state index in [1.54, 1.807) is 0 Å². The maximum absolute atomic E-state index is 10.8. The minimum atomic E-state index is -3.31. The summed E-state index contributed by atoms with van der Waals surface area (Å²) < 4.78 is 27.6. The second-order valence-corrected chi connectivity index (χ2v) is 7.27.